The fourth-order valence-electron chi connectivity index (χ4n) is 1.56. The summed E-state index contributed by atoms with van der Waals surface area (Å²) in [6.45, 7) is 1.99. The van der Waals surface area contributed by atoms with Crippen LogP contribution in [0, 0.1) is 0 Å². The number of methoxy groups -OCH3 is 1. The van der Waals surface area contributed by atoms with Gasteiger partial charge in [-0.25, -0.2) is 0 Å². The van der Waals surface area contributed by atoms with E-state index in [0.29, 0.717) is 25.9 Å². The van der Waals surface area contributed by atoms with Crippen LogP contribution in [-0.2, 0) is 15.9 Å². The van der Waals surface area contributed by atoms with Crippen LogP contribution in [0.1, 0.15) is 5.56 Å². The summed E-state index contributed by atoms with van der Waals surface area (Å²) in [7, 11) is 3.64. The van der Waals surface area contributed by atoms with Crippen LogP contribution < -0.4 is 5.32 Å². The third-order valence-electron chi connectivity index (χ3n) is 2.53. The van der Waals surface area contributed by atoms with E-state index in [2.05, 4.69) is 39.4 Å². The van der Waals surface area contributed by atoms with E-state index < -0.39 is 0 Å². The molecule has 1 atom stereocenters. The van der Waals surface area contributed by atoms with Crippen LogP contribution in [-0.4, -0.2) is 40.0 Å². The largest absolute Gasteiger partial charge is 0.382 e. The van der Waals surface area contributed by atoms with Gasteiger partial charge in [0.1, 0.15) is 0 Å². The van der Waals surface area contributed by atoms with E-state index in [4.69, 9.17) is 9.47 Å². The lowest BCUT2D eigenvalue weighted by molar-refractivity contribution is 0.0598. The Morgan fingerprint density at radius 1 is 1.35 bits per heavy atom. The summed E-state index contributed by atoms with van der Waals surface area (Å²) in [5.74, 6) is 0. The Bertz CT molecular complexity index is 320. The Labute approximate surface area is 112 Å². The van der Waals surface area contributed by atoms with Crippen molar-refractivity contribution in [2.45, 2.75) is 12.5 Å². The van der Waals surface area contributed by atoms with E-state index in [0.717, 1.165) is 10.9 Å². The highest BCUT2D eigenvalue weighted by atomic mass is 79.9. The molecule has 0 spiro atoms. The van der Waals surface area contributed by atoms with Crippen molar-refractivity contribution in [1.82, 2.24) is 5.32 Å². The number of rotatable bonds is 8. The predicted molar refractivity (Wildman–Crippen MR) is 73.4 cm³/mol. The van der Waals surface area contributed by atoms with Gasteiger partial charge in [0, 0.05) is 17.6 Å². The average molecular weight is 302 g/mol. The summed E-state index contributed by atoms with van der Waals surface area (Å²) < 4.78 is 11.6. The van der Waals surface area contributed by atoms with Crippen LogP contribution in [0.3, 0.4) is 0 Å². The van der Waals surface area contributed by atoms with Gasteiger partial charge < -0.3 is 14.8 Å². The lowest BCUT2D eigenvalue weighted by Gasteiger charge is -2.16. The smallest absolute Gasteiger partial charge is 0.0701 e. The van der Waals surface area contributed by atoms with E-state index in [1.807, 2.05) is 13.1 Å². The van der Waals surface area contributed by atoms with Crippen molar-refractivity contribution in [2.75, 3.05) is 34.0 Å². The Hall–Kier alpha value is -0.420. The van der Waals surface area contributed by atoms with Gasteiger partial charge in [-0.1, -0.05) is 28.1 Å². The Balaban J connectivity index is 2.35. The quantitative estimate of drug-likeness (QED) is 0.747. The average Bonchev–Trinajstić information content (AvgIpc) is 2.33. The summed E-state index contributed by atoms with van der Waals surface area (Å²) in [5, 5.41) is 3.27. The van der Waals surface area contributed by atoms with Gasteiger partial charge in [0.15, 0.2) is 0 Å². The number of nitrogens with one attached hydrogen (secondary N) is 1. The molecular weight excluding hydrogens is 282 g/mol. The third-order valence-corrected chi connectivity index (χ3v) is 3.02. The minimum atomic E-state index is 0.334. The van der Waals surface area contributed by atoms with Crippen LogP contribution >= 0.6 is 15.9 Å². The second-order valence-electron chi connectivity index (χ2n) is 3.89. The number of likely N-dealkylation sites (N-methyl/N-ethyl adjacent to an activating group) is 1. The van der Waals surface area contributed by atoms with Crippen molar-refractivity contribution >= 4 is 15.9 Å². The van der Waals surface area contributed by atoms with Crippen LogP contribution in [0.25, 0.3) is 0 Å². The first-order chi connectivity index (χ1) is 8.26. The van der Waals surface area contributed by atoms with E-state index in [-0.39, 0.29) is 0 Å². The molecule has 1 aromatic carbocycles. The lowest BCUT2D eigenvalue weighted by atomic mass is 10.1. The van der Waals surface area contributed by atoms with E-state index in [1.54, 1.807) is 7.11 Å². The molecule has 0 fully saturated rings. The molecule has 3 nitrogen and oxygen atoms in total. The Kier molecular flexibility index (Phi) is 7.44. The SMILES string of the molecule is CNC(COCCOC)Cc1cccc(Br)c1. The molecule has 0 aliphatic heterocycles. The summed E-state index contributed by atoms with van der Waals surface area (Å²) in [6, 6.07) is 8.69. The fraction of sp³-hybridized carbons (Fsp3) is 0.538. The van der Waals surface area contributed by atoms with Crippen molar-refractivity contribution in [3.8, 4) is 0 Å². The first-order valence-electron chi connectivity index (χ1n) is 5.74. The van der Waals surface area contributed by atoms with Crippen molar-refractivity contribution < 1.29 is 9.47 Å². The molecule has 1 aromatic rings. The maximum atomic E-state index is 5.53. The van der Waals surface area contributed by atoms with Crippen molar-refractivity contribution in [3.63, 3.8) is 0 Å². The van der Waals surface area contributed by atoms with E-state index >= 15 is 0 Å². The third kappa shape index (κ3) is 6.17. The van der Waals surface area contributed by atoms with Crippen molar-refractivity contribution in [2.24, 2.45) is 0 Å². The predicted octanol–water partition coefficient (Wildman–Crippen LogP) is 2.24. The van der Waals surface area contributed by atoms with Crippen LogP contribution in [0.2, 0.25) is 0 Å². The van der Waals surface area contributed by atoms with Gasteiger partial charge in [0.05, 0.1) is 19.8 Å². The molecule has 1 rings (SSSR count). The number of halogens is 1. The van der Waals surface area contributed by atoms with E-state index in [1.165, 1.54) is 5.56 Å². The summed E-state index contributed by atoms with van der Waals surface area (Å²) in [5.41, 5.74) is 1.30. The number of benzene rings is 1. The maximum absolute atomic E-state index is 5.53. The second-order valence-corrected chi connectivity index (χ2v) is 4.80. The molecule has 0 heterocycles. The van der Waals surface area contributed by atoms with Crippen LogP contribution in [0.5, 0.6) is 0 Å². The molecule has 0 saturated carbocycles. The Morgan fingerprint density at radius 3 is 2.82 bits per heavy atom. The molecule has 0 bridgehead atoms. The molecule has 96 valence electrons. The highest BCUT2D eigenvalue weighted by Crippen LogP contribution is 2.13. The standard InChI is InChI=1S/C13H20BrNO2/c1-15-13(10-17-7-6-16-2)9-11-4-3-5-12(14)8-11/h3-5,8,13,15H,6-7,9-10H2,1-2H3. The van der Waals surface area contributed by atoms with Gasteiger partial charge in [0.2, 0.25) is 0 Å². The van der Waals surface area contributed by atoms with Gasteiger partial charge in [-0.3, -0.25) is 0 Å². The minimum Gasteiger partial charge on any atom is -0.382 e. The summed E-state index contributed by atoms with van der Waals surface area (Å²) >= 11 is 3.48. The van der Waals surface area contributed by atoms with Gasteiger partial charge >= 0.3 is 0 Å². The van der Waals surface area contributed by atoms with Crippen molar-refractivity contribution in [1.29, 1.82) is 0 Å². The molecule has 1 N–H and O–H groups in total. The first kappa shape index (κ1) is 14.6. The normalized spacial score (nSPS) is 12.6. The van der Waals surface area contributed by atoms with Crippen molar-refractivity contribution in [3.05, 3.63) is 34.3 Å². The zero-order valence-electron chi connectivity index (χ0n) is 10.4. The monoisotopic (exact) mass is 301 g/mol. The highest BCUT2D eigenvalue weighted by Gasteiger charge is 2.07. The lowest BCUT2D eigenvalue weighted by Crippen LogP contribution is -2.33. The van der Waals surface area contributed by atoms with Gasteiger partial charge in [-0.15, -0.1) is 0 Å². The number of hydrogen-bond donors (Lipinski definition) is 1. The minimum absolute atomic E-state index is 0.334. The summed E-state index contributed by atoms with van der Waals surface area (Å²) in [4.78, 5) is 0. The summed E-state index contributed by atoms with van der Waals surface area (Å²) in [6.07, 6.45) is 0.961. The molecule has 0 amide bonds. The van der Waals surface area contributed by atoms with E-state index in [9.17, 15) is 0 Å². The molecule has 0 saturated heterocycles. The first-order valence-corrected chi connectivity index (χ1v) is 6.54. The Morgan fingerprint density at radius 2 is 2.18 bits per heavy atom. The molecule has 0 aromatic heterocycles. The number of hydrogen-bond acceptors (Lipinski definition) is 3. The fourth-order valence-corrected chi connectivity index (χ4v) is 2.01. The van der Waals surface area contributed by atoms with Gasteiger partial charge in [-0.2, -0.15) is 0 Å². The highest BCUT2D eigenvalue weighted by molar-refractivity contribution is 9.10. The molecular formula is C13H20BrNO2. The second kappa shape index (κ2) is 8.64. The molecule has 4 heteroatoms. The molecule has 0 aliphatic rings. The zero-order valence-corrected chi connectivity index (χ0v) is 12.0. The van der Waals surface area contributed by atoms with Gasteiger partial charge in [-0.05, 0) is 31.2 Å². The maximum Gasteiger partial charge on any atom is 0.0701 e. The molecule has 0 radical (unpaired) electrons. The zero-order chi connectivity index (χ0) is 12.5. The molecule has 1 unspecified atom stereocenters. The molecule has 0 aliphatic carbocycles. The number of ether oxygens (including phenoxy) is 2. The topological polar surface area (TPSA) is 30.5 Å². The van der Waals surface area contributed by atoms with Gasteiger partial charge in [0.25, 0.3) is 0 Å². The van der Waals surface area contributed by atoms with Crippen LogP contribution in [0.4, 0.5) is 0 Å². The van der Waals surface area contributed by atoms with Crippen LogP contribution in [0.15, 0.2) is 28.7 Å². The molecule has 17 heavy (non-hydrogen) atoms.